The van der Waals surface area contributed by atoms with Gasteiger partial charge in [0.2, 0.25) is 5.91 Å². The molecular weight excluding hydrogens is 336 g/mol. The molecule has 0 aliphatic heterocycles. The van der Waals surface area contributed by atoms with Gasteiger partial charge in [0, 0.05) is 32.7 Å². The molecule has 0 aromatic heterocycles. The molecule has 2 rings (SSSR count). The third-order valence-electron chi connectivity index (χ3n) is 4.96. The third kappa shape index (κ3) is 4.88. The van der Waals surface area contributed by atoms with Gasteiger partial charge in [0.25, 0.3) is 0 Å². The van der Waals surface area contributed by atoms with Gasteiger partial charge in [0.15, 0.2) is 5.96 Å². The Labute approximate surface area is 155 Å². The summed E-state index contributed by atoms with van der Waals surface area (Å²) in [6, 6.07) is 7.86. The Balaban J connectivity index is 1.99. The number of nitrogens with one attached hydrogen (secondary N) is 2. The van der Waals surface area contributed by atoms with Gasteiger partial charge in [0.05, 0.1) is 11.5 Å². The highest BCUT2D eigenvalue weighted by Crippen LogP contribution is 2.38. The Morgan fingerprint density at radius 1 is 1.28 bits per heavy atom. The number of aliphatic imine (C=N–C) groups is 1. The van der Waals surface area contributed by atoms with Gasteiger partial charge < -0.3 is 15.5 Å². The zero-order valence-electron chi connectivity index (χ0n) is 15.6. The van der Waals surface area contributed by atoms with Gasteiger partial charge in [-0.3, -0.25) is 9.79 Å². The van der Waals surface area contributed by atoms with Crippen LogP contribution in [0.2, 0.25) is 5.02 Å². The summed E-state index contributed by atoms with van der Waals surface area (Å²) in [6.07, 6.45) is 4.07. The number of rotatable bonds is 5. The molecular formula is C19H29ClN4O. The van der Waals surface area contributed by atoms with Crippen LogP contribution in [0.25, 0.3) is 0 Å². The first-order chi connectivity index (χ1) is 11.9. The summed E-state index contributed by atoms with van der Waals surface area (Å²) in [5, 5.41) is 7.47. The molecule has 1 aliphatic rings. The van der Waals surface area contributed by atoms with Crippen molar-refractivity contribution in [3.8, 4) is 0 Å². The van der Waals surface area contributed by atoms with Gasteiger partial charge >= 0.3 is 0 Å². The average molecular weight is 365 g/mol. The summed E-state index contributed by atoms with van der Waals surface area (Å²) in [5.41, 5.74) is 0.817. The molecule has 1 aromatic rings. The summed E-state index contributed by atoms with van der Waals surface area (Å²) in [5.74, 6) is 0.916. The molecule has 25 heavy (non-hydrogen) atoms. The van der Waals surface area contributed by atoms with Gasteiger partial charge in [-0.05, 0) is 37.5 Å². The first kappa shape index (κ1) is 19.6. The normalized spacial score (nSPS) is 17.9. The van der Waals surface area contributed by atoms with E-state index in [9.17, 15) is 4.79 Å². The molecule has 2 N–H and O–H groups in total. The minimum atomic E-state index is -0.315. The number of carbonyl (C=O) groups excluding carboxylic acids is 1. The predicted octanol–water partition coefficient (Wildman–Crippen LogP) is 3.21. The number of hydrogen-bond donors (Lipinski definition) is 2. The smallest absolute Gasteiger partial charge is 0.230 e. The van der Waals surface area contributed by atoms with Crippen LogP contribution in [0, 0.1) is 5.41 Å². The molecule has 1 fully saturated rings. The lowest BCUT2D eigenvalue weighted by Gasteiger charge is -2.31. The van der Waals surface area contributed by atoms with E-state index in [2.05, 4.69) is 22.5 Å². The molecule has 1 aliphatic carbocycles. The third-order valence-corrected chi connectivity index (χ3v) is 5.21. The average Bonchev–Trinajstić information content (AvgIpc) is 3.08. The number of amides is 1. The van der Waals surface area contributed by atoms with Crippen LogP contribution in [0.1, 0.15) is 44.2 Å². The monoisotopic (exact) mass is 364 g/mol. The van der Waals surface area contributed by atoms with Crippen molar-refractivity contribution >= 4 is 23.5 Å². The van der Waals surface area contributed by atoms with E-state index >= 15 is 0 Å². The van der Waals surface area contributed by atoms with Crippen molar-refractivity contribution in [3.05, 3.63) is 34.9 Å². The standard InChI is InChI=1S/C19H29ClN4O/c1-14(15-7-9-16(20)10-8-15)23-18(21-2)22-13-19(11-5-6-12-19)17(25)24(3)4/h7-10,14H,5-6,11-13H2,1-4H3,(H2,21,22,23). The molecule has 0 radical (unpaired) electrons. The minimum Gasteiger partial charge on any atom is -0.355 e. The second-order valence-corrected chi connectivity index (χ2v) is 7.47. The van der Waals surface area contributed by atoms with E-state index in [1.54, 1.807) is 11.9 Å². The Morgan fingerprint density at radius 3 is 2.40 bits per heavy atom. The number of carbonyl (C=O) groups is 1. The molecule has 138 valence electrons. The Hall–Kier alpha value is -1.75. The van der Waals surface area contributed by atoms with E-state index in [0.29, 0.717) is 12.5 Å². The molecule has 1 unspecified atom stereocenters. The van der Waals surface area contributed by atoms with Crippen LogP contribution in [0.15, 0.2) is 29.3 Å². The molecule has 1 aromatic carbocycles. The van der Waals surface area contributed by atoms with Gasteiger partial charge in [-0.25, -0.2) is 0 Å². The highest BCUT2D eigenvalue weighted by atomic mass is 35.5. The molecule has 0 saturated heterocycles. The van der Waals surface area contributed by atoms with Crippen molar-refractivity contribution in [2.24, 2.45) is 10.4 Å². The summed E-state index contributed by atoms with van der Waals surface area (Å²) >= 11 is 5.95. The van der Waals surface area contributed by atoms with Gasteiger partial charge in [-0.2, -0.15) is 0 Å². The van der Waals surface area contributed by atoms with Gasteiger partial charge in [0.1, 0.15) is 0 Å². The maximum atomic E-state index is 12.7. The van der Waals surface area contributed by atoms with Crippen molar-refractivity contribution in [3.63, 3.8) is 0 Å². The number of guanidine groups is 1. The maximum Gasteiger partial charge on any atom is 0.230 e. The molecule has 0 heterocycles. The van der Waals surface area contributed by atoms with E-state index in [-0.39, 0.29) is 17.4 Å². The van der Waals surface area contributed by atoms with E-state index in [1.165, 1.54) is 0 Å². The van der Waals surface area contributed by atoms with Crippen molar-refractivity contribution in [2.45, 2.75) is 38.6 Å². The fraction of sp³-hybridized carbons (Fsp3) is 0.579. The first-order valence-electron chi connectivity index (χ1n) is 8.82. The quantitative estimate of drug-likeness (QED) is 0.623. The lowest BCUT2D eigenvalue weighted by molar-refractivity contribution is -0.138. The summed E-state index contributed by atoms with van der Waals surface area (Å²) in [6.45, 7) is 2.68. The van der Waals surface area contributed by atoms with E-state index in [1.807, 2.05) is 38.4 Å². The number of benzene rings is 1. The molecule has 0 spiro atoms. The summed E-state index contributed by atoms with van der Waals surface area (Å²) < 4.78 is 0. The molecule has 5 nitrogen and oxygen atoms in total. The first-order valence-corrected chi connectivity index (χ1v) is 9.20. The van der Waals surface area contributed by atoms with Crippen LogP contribution in [0.5, 0.6) is 0 Å². The minimum absolute atomic E-state index is 0.0903. The number of halogens is 1. The fourth-order valence-corrected chi connectivity index (χ4v) is 3.61. The van der Waals surface area contributed by atoms with Crippen LogP contribution < -0.4 is 10.6 Å². The Kier molecular flexibility index (Phi) is 6.71. The Bertz CT molecular complexity index is 606. The zero-order chi connectivity index (χ0) is 18.4. The van der Waals surface area contributed by atoms with Crippen molar-refractivity contribution in [2.75, 3.05) is 27.7 Å². The van der Waals surface area contributed by atoms with Crippen LogP contribution in [0.3, 0.4) is 0 Å². The molecule has 1 saturated carbocycles. The highest BCUT2D eigenvalue weighted by molar-refractivity contribution is 6.30. The van der Waals surface area contributed by atoms with Crippen LogP contribution in [-0.2, 0) is 4.79 Å². The second-order valence-electron chi connectivity index (χ2n) is 7.03. The SMILES string of the molecule is CN=C(NCC1(C(=O)N(C)C)CCCC1)NC(C)c1ccc(Cl)cc1. The molecule has 6 heteroatoms. The molecule has 0 bridgehead atoms. The van der Waals surface area contributed by atoms with Crippen molar-refractivity contribution in [1.82, 2.24) is 15.5 Å². The van der Waals surface area contributed by atoms with E-state index in [4.69, 9.17) is 11.6 Å². The van der Waals surface area contributed by atoms with Crippen LogP contribution >= 0.6 is 11.6 Å². The second kappa shape index (κ2) is 8.56. The Morgan fingerprint density at radius 2 is 1.88 bits per heavy atom. The fourth-order valence-electron chi connectivity index (χ4n) is 3.48. The zero-order valence-corrected chi connectivity index (χ0v) is 16.4. The summed E-state index contributed by atoms with van der Waals surface area (Å²) in [4.78, 5) is 18.7. The number of nitrogens with zero attached hydrogens (tertiary/aromatic N) is 2. The molecule has 1 atom stereocenters. The topological polar surface area (TPSA) is 56.7 Å². The van der Waals surface area contributed by atoms with Crippen LogP contribution in [0.4, 0.5) is 0 Å². The van der Waals surface area contributed by atoms with E-state index < -0.39 is 0 Å². The maximum absolute atomic E-state index is 12.7. The highest BCUT2D eigenvalue weighted by Gasteiger charge is 2.42. The largest absolute Gasteiger partial charge is 0.355 e. The van der Waals surface area contributed by atoms with Crippen molar-refractivity contribution < 1.29 is 4.79 Å². The van der Waals surface area contributed by atoms with Gasteiger partial charge in [-0.1, -0.05) is 36.6 Å². The van der Waals surface area contributed by atoms with Crippen LogP contribution in [-0.4, -0.2) is 44.5 Å². The number of hydrogen-bond acceptors (Lipinski definition) is 2. The lowest BCUT2D eigenvalue weighted by atomic mass is 9.84. The van der Waals surface area contributed by atoms with Gasteiger partial charge in [-0.15, -0.1) is 0 Å². The lowest BCUT2D eigenvalue weighted by Crippen LogP contribution is -2.49. The van der Waals surface area contributed by atoms with Crippen molar-refractivity contribution in [1.29, 1.82) is 0 Å². The summed E-state index contributed by atoms with van der Waals surface area (Å²) in [7, 11) is 5.41. The van der Waals surface area contributed by atoms with E-state index in [0.717, 1.165) is 36.3 Å². The molecule has 1 amide bonds. The predicted molar refractivity (Wildman–Crippen MR) is 104 cm³/mol.